The fourth-order valence-corrected chi connectivity index (χ4v) is 11.0. The Balaban J connectivity index is 1.20. The van der Waals surface area contributed by atoms with E-state index in [2.05, 4.69) is 209 Å². The molecule has 0 unspecified atom stereocenters. The summed E-state index contributed by atoms with van der Waals surface area (Å²) in [6, 6.07) is 74.0. The predicted octanol–water partition coefficient (Wildman–Crippen LogP) is 15.2. The molecule has 0 atom stereocenters. The first-order valence-electron chi connectivity index (χ1n) is 20.7. The molecule has 0 saturated carbocycles. The molecule has 5 heteroatoms. The minimum atomic E-state index is 0.697. The summed E-state index contributed by atoms with van der Waals surface area (Å²) in [5.74, 6) is 0.697. The van der Waals surface area contributed by atoms with E-state index in [1.54, 1.807) is 0 Å². The van der Waals surface area contributed by atoms with Gasteiger partial charge >= 0.3 is 0 Å². The first kappa shape index (κ1) is 34.0. The molecule has 0 aliphatic heterocycles. The summed E-state index contributed by atoms with van der Waals surface area (Å²) in [7, 11) is 0. The number of hydrogen-bond acceptors (Lipinski definition) is 3. The van der Waals surface area contributed by atoms with Gasteiger partial charge in [-0.2, -0.15) is 0 Å². The summed E-state index contributed by atoms with van der Waals surface area (Å²) in [5, 5.41) is 8.60. The van der Waals surface area contributed by atoms with Gasteiger partial charge in [0.1, 0.15) is 0 Å². The zero-order valence-electron chi connectivity index (χ0n) is 32.8. The highest BCUT2D eigenvalue weighted by atomic mass is 32.1. The smallest absolute Gasteiger partial charge is 0.160 e. The van der Waals surface area contributed by atoms with Crippen LogP contribution in [0.2, 0.25) is 0 Å². The number of benzene rings is 9. The van der Waals surface area contributed by atoms with E-state index in [9.17, 15) is 0 Å². The van der Waals surface area contributed by atoms with Crippen LogP contribution in [0.5, 0.6) is 0 Å². The van der Waals surface area contributed by atoms with E-state index in [0.29, 0.717) is 5.82 Å². The molecule has 0 spiro atoms. The number of nitrogens with zero attached hydrogens (tertiary/aromatic N) is 4. The SMILES string of the molecule is c1ccc(-c2cc(-c3nc(-c4ccccc4)c4ccccc4n3)ccc2-n2c3ccccc3c3c4c5ccccc5sc4c4c(c5ccccc5n4-c4ccccc4)c32)cc1. The summed E-state index contributed by atoms with van der Waals surface area (Å²) in [6.07, 6.45) is 0. The summed E-state index contributed by atoms with van der Waals surface area (Å²) in [5.41, 5.74) is 13.1. The molecular weight excluding hydrogens is 761 g/mol. The molecule has 13 rings (SSSR count). The molecule has 0 aliphatic rings. The summed E-state index contributed by atoms with van der Waals surface area (Å²) >= 11 is 1.90. The summed E-state index contributed by atoms with van der Waals surface area (Å²) in [4.78, 5) is 10.5. The Morgan fingerprint density at radius 1 is 0.393 bits per heavy atom. The second-order valence-corrected chi connectivity index (χ2v) is 16.7. The van der Waals surface area contributed by atoms with E-state index >= 15 is 0 Å². The monoisotopic (exact) mass is 794 g/mol. The topological polar surface area (TPSA) is 35.6 Å². The Morgan fingerprint density at radius 2 is 0.984 bits per heavy atom. The number of aromatic nitrogens is 4. The van der Waals surface area contributed by atoms with Crippen molar-refractivity contribution in [1.29, 1.82) is 0 Å². The number of rotatable bonds is 5. The highest BCUT2D eigenvalue weighted by Crippen LogP contribution is 2.51. The maximum atomic E-state index is 5.31. The standard InChI is InChI=1S/C56H34N4S/c1-4-18-35(19-5-1)43-34-37(56-57-44-28-14-10-24-39(44)52(58-56)36-20-6-2-7-21-36)32-33-47(43)60-46-30-16-11-25-40(46)49-50-42-27-13-17-31-48(42)61-55(50)54-51(53(49)60)41-26-12-15-29-45(41)59(54)38-22-8-3-9-23-38/h1-34H. The molecule has 0 amide bonds. The van der Waals surface area contributed by atoms with Crippen LogP contribution in [0.15, 0.2) is 206 Å². The Kier molecular flexibility index (Phi) is 7.44. The van der Waals surface area contributed by atoms with Gasteiger partial charge in [-0.1, -0.05) is 152 Å². The minimum absolute atomic E-state index is 0.697. The number of hydrogen-bond donors (Lipinski definition) is 0. The minimum Gasteiger partial charge on any atom is -0.308 e. The summed E-state index contributed by atoms with van der Waals surface area (Å²) in [6.45, 7) is 0. The van der Waals surface area contributed by atoms with Gasteiger partial charge in [-0.05, 0) is 60.2 Å². The third-order valence-electron chi connectivity index (χ3n) is 12.3. The molecule has 0 fully saturated rings. The Morgan fingerprint density at radius 3 is 1.74 bits per heavy atom. The molecule has 0 N–H and O–H groups in total. The number of para-hydroxylation sites is 4. The van der Waals surface area contributed by atoms with Crippen molar-refractivity contribution in [2.45, 2.75) is 0 Å². The van der Waals surface area contributed by atoms with Gasteiger partial charge in [-0.15, -0.1) is 11.3 Å². The van der Waals surface area contributed by atoms with E-state index in [1.165, 1.54) is 58.3 Å². The molecule has 0 saturated heterocycles. The lowest BCUT2D eigenvalue weighted by molar-refractivity contribution is 1.18. The van der Waals surface area contributed by atoms with Crippen LogP contribution in [0.4, 0.5) is 0 Å². The molecule has 4 heterocycles. The third-order valence-corrected chi connectivity index (χ3v) is 13.5. The predicted molar refractivity (Wildman–Crippen MR) is 257 cm³/mol. The van der Waals surface area contributed by atoms with Crippen LogP contribution in [-0.2, 0) is 0 Å². The molecule has 0 radical (unpaired) electrons. The van der Waals surface area contributed by atoms with Crippen molar-refractivity contribution in [3.8, 4) is 45.1 Å². The van der Waals surface area contributed by atoms with Crippen LogP contribution in [0.3, 0.4) is 0 Å². The number of fused-ring (bicyclic) bond motifs is 13. The zero-order chi connectivity index (χ0) is 40.0. The van der Waals surface area contributed by atoms with Crippen LogP contribution in [-0.4, -0.2) is 19.1 Å². The fraction of sp³-hybridized carbons (Fsp3) is 0. The highest BCUT2D eigenvalue weighted by molar-refractivity contribution is 7.27. The van der Waals surface area contributed by atoms with Gasteiger partial charge in [0.25, 0.3) is 0 Å². The van der Waals surface area contributed by atoms with Crippen LogP contribution < -0.4 is 0 Å². The van der Waals surface area contributed by atoms with Gasteiger partial charge in [0.05, 0.1) is 43.7 Å². The van der Waals surface area contributed by atoms with Crippen molar-refractivity contribution in [3.05, 3.63) is 206 Å². The van der Waals surface area contributed by atoms with Gasteiger partial charge in [0.2, 0.25) is 0 Å². The van der Waals surface area contributed by atoms with E-state index in [4.69, 9.17) is 9.97 Å². The van der Waals surface area contributed by atoms with Gasteiger partial charge in [-0.25, -0.2) is 9.97 Å². The van der Waals surface area contributed by atoms with Gasteiger partial charge in [-0.3, -0.25) is 0 Å². The second kappa shape index (κ2) is 13.3. The maximum absolute atomic E-state index is 5.31. The van der Waals surface area contributed by atoms with Crippen molar-refractivity contribution in [2.24, 2.45) is 0 Å². The van der Waals surface area contributed by atoms with E-state index in [-0.39, 0.29) is 0 Å². The average molecular weight is 795 g/mol. The Bertz CT molecular complexity index is 3860. The van der Waals surface area contributed by atoms with Crippen molar-refractivity contribution in [1.82, 2.24) is 19.1 Å². The highest BCUT2D eigenvalue weighted by Gasteiger charge is 2.27. The lowest BCUT2D eigenvalue weighted by Crippen LogP contribution is -2.00. The molecule has 9 aromatic carbocycles. The van der Waals surface area contributed by atoms with Crippen LogP contribution in [0.25, 0.3) is 120 Å². The largest absolute Gasteiger partial charge is 0.308 e. The van der Waals surface area contributed by atoms with E-state index in [1.807, 2.05) is 17.4 Å². The number of thiophene rings is 1. The second-order valence-electron chi connectivity index (χ2n) is 15.7. The molecule has 13 aromatic rings. The first-order valence-corrected chi connectivity index (χ1v) is 21.5. The third kappa shape index (κ3) is 5.05. The Hall–Kier alpha value is -7.86. The molecule has 284 valence electrons. The molecule has 0 bridgehead atoms. The van der Waals surface area contributed by atoms with Crippen LogP contribution >= 0.6 is 11.3 Å². The molecular formula is C56H34N4S. The van der Waals surface area contributed by atoms with Gasteiger partial charge in [0, 0.05) is 64.8 Å². The van der Waals surface area contributed by atoms with Crippen molar-refractivity contribution >= 4 is 86.0 Å². The lowest BCUT2D eigenvalue weighted by atomic mass is 9.99. The average Bonchev–Trinajstić information content (AvgIpc) is 4.00. The lowest BCUT2D eigenvalue weighted by Gasteiger charge is -2.17. The van der Waals surface area contributed by atoms with Crippen molar-refractivity contribution in [2.75, 3.05) is 0 Å². The Labute approximate surface area is 354 Å². The normalized spacial score (nSPS) is 11.9. The van der Waals surface area contributed by atoms with Gasteiger partial charge in [0.15, 0.2) is 5.82 Å². The van der Waals surface area contributed by atoms with Crippen LogP contribution in [0.1, 0.15) is 0 Å². The quantitative estimate of drug-likeness (QED) is 0.174. The first-order chi connectivity index (χ1) is 30.3. The van der Waals surface area contributed by atoms with E-state index < -0.39 is 0 Å². The maximum Gasteiger partial charge on any atom is 0.160 e. The molecule has 4 nitrogen and oxygen atoms in total. The summed E-state index contributed by atoms with van der Waals surface area (Å²) < 4.78 is 7.62. The molecule has 0 aliphatic carbocycles. The fourth-order valence-electron chi connectivity index (χ4n) is 9.72. The van der Waals surface area contributed by atoms with Crippen molar-refractivity contribution in [3.63, 3.8) is 0 Å². The molecule has 4 aromatic heterocycles. The molecule has 61 heavy (non-hydrogen) atoms. The van der Waals surface area contributed by atoms with Crippen LogP contribution in [0, 0.1) is 0 Å². The zero-order valence-corrected chi connectivity index (χ0v) is 33.6. The van der Waals surface area contributed by atoms with Crippen molar-refractivity contribution < 1.29 is 0 Å². The van der Waals surface area contributed by atoms with E-state index in [0.717, 1.165) is 55.7 Å². The van der Waals surface area contributed by atoms with Gasteiger partial charge < -0.3 is 9.13 Å².